The van der Waals surface area contributed by atoms with Crippen molar-refractivity contribution in [3.8, 4) is 5.75 Å². The highest BCUT2D eigenvalue weighted by Gasteiger charge is 2.28. The molecule has 1 N–H and O–H groups in total. The molecule has 1 heterocycles. The first-order valence-corrected chi connectivity index (χ1v) is 7.77. The van der Waals surface area contributed by atoms with Gasteiger partial charge in [0.25, 0.3) is 0 Å². The summed E-state index contributed by atoms with van der Waals surface area (Å²) in [6, 6.07) is 6.19. The van der Waals surface area contributed by atoms with Crippen molar-refractivity contribution in [1.82, 2.24) is 9.97 Å². The maximum absolute atomic E-state index is 14.6. The minimum atomic E-state index is -1.00. The second-order valence-corrected chi connectivity index (χ2v) is 5.59. The summed E-state index contributed by atoms with van der Waals surface area (Å²) in [5.74, 6) is -1.59. The highest BCUT2D eigenvalue weighted by molar-refractivity contribution is 5.84. The van der Waals surface area contributed by atoms with Gasteiger partial charge in [-0.25, -0.2) is 13.8 Å². The minimum Gasteiger partial charge on any atom is -0.497 e. The molecule has 0 aliphatic rings. The monoisotopic (exact) mass is 361 g/mol. The van der Waals surface area contributed by atoms with Crippen molar-refractivity contribution < 1.29 is 23.0 Å². The number of anilines is 1. The van der Waals surface area contributed by atoms with Gasteiger partial charge in [-0.2, -0.15) is 0 Å². The van der Waals surface area contributed by atoms with E-state index in [1.807, 2.05) is 0 Å². The molecule has 8 heteroatoms. The number of hydrogen-bond donors (Lipinski definition) is 1. The van der Waals surface area contributed by atoms with E-state index >= 15 is 0 Å². The molecule has 0 aliphatic heterocycles. The number of methoxy groups -OCH3 is 2. The van der Waals surface area contributed by atoms with Crippen molar-refractivity contribution in [2.75, 3.05) is 25.7 Å². The van der Waals surface area contributed by atoms with Crippen molar-refractivity contribution in [1.29, 1.82) is 0 Å². The summed E-state index contributed by atoms with van der Waals surface area (Å²) in [5, 5.41) is 0. The third-order valence-corrected chi connectivity index (χ3v) is 4.10. The number of nitrogens with zero attached hydrogens (tertiary/aromatic N) is 2. The van der Waals surface area contributed by atoms with Gasteiger partial charge in [-0.05, 0) is 18.2 Å². The molecule has 1 amide bonds. The number of aromatic nitrogens is 2. The molecule has 0 aliphatic carbocycles. The van der Waals surface area contributed by atoms with Crippen molar-refractivity contribution in [3.63, 3.8) is 0 Å². The largest absolute Gasteiger partial charge is 0.497 e. The molecule has 2 aromatic carbocycles. The van der Waals surface area contributed by atoms with E-state index in [2.05, 4.69) is 9.97 Å². The fourth-order valence-electron chi connectivity index (χ4n) is 2.85. The smallest absolute Gasteiger partial charge is 0.214 e. The quantitative estimate of drug-likeness (QED) is 0.656. The fourth-order valence-corrected chi connectivity index (χ4v) is 2.85. The van der Waals surface area contributed by atoms with Gasteiger partial charge in [-0.3, -0.25) is 4.79 Å². The summed E-state index contributed by atoms with van der Waals surface area (Å²) in [6.45, 7) is -0.0997. The van der Waals surface area contributed by atoms with E-state index in [-0.39, 0.29) is 17.9 Å². The maximum atomic E-state index is 14.6. The Morgan fingerprint density at radius 3 is 2.58 bits per heavy atom. The number of hydrogen-bond acceptors (Lipinski definition) is 4. The number of nitrogens with one attached hydrogen (secondary N) is 1. The SMILES string of the molecule is COCC(c1c(F)cc(OC)cc1F)N(C=O)c1ccc2[nH]cnc2c1. The molecule has 136 valence electrons. The molecule has 3 aromatic rings. The normalized spacial score (nSPS) is 12.2. The summed E-state index contributed by atoms with van der Waals surface area (Å²) in [4.78, 5) is 20.1. The van der Waals surface area contributed by atoms with E-state index in [9.17, 15) is 13.6 Å². The molecule has 1 unspecified atom stereocenters. The second-order valence-electron chi connectivity index (χ2n) is 5.59. The zero-order chi connectivity index (χ0) is 18.7. The third kappa shape index (κ3) is 3.23. The number of amides is 1. The second kappa shape index (κ2) is 7.49. The first kappa shape index (κ1) is 17.8. The van der Waals surface area contributed by atoms with E-state index in [4.69, 9.17) is 9.47 Å². The molecule has 0 spiro atoms. The van der Waals surface area contributed by atoms with Crippen LogP contribution in [-0.4, -0.2) is 37.2 Å². The van der Waals surface area contributed by atoms with Crippen molar-refractivity contribution in [2.24, 2.45) is 0 Å². The zero-order valence-electron chi connectivity index (χ0n) is 14.2. The first-order valence-electron chi connectivity index (χ1n) is 7.77. The summed E-state index contributed by atoms with van der Waals surface area (Å²) >= 11 is 0. The number of ether oxygens (including phenoxy) is 2. The van der Waals surface area contributed by atoms with Gasteiger partial charge in [0.2, 0.25) is 6.41 Å². The first-order chi connectivity index (χ1) is 12.6. The Labute approximate surface area is 148 Å². The van der Waals surface area contributed by atoms with Crippen LogP contribution in [0.25, 0.3) is 11.0 Å². The molecule has 0 fully saturated rings. The molecule has 26 heavy (non-hydrogen) atoms. The Morgan fingerprint density at radius 1 is 1.23 bits per heavy atom. The third-order valence-electron chi connectivity index (χ3n) is 4.10. The summed E-state index contributed by atoms with van der Waals surface area (Å²) < 4.78 is 39.1. The highest BCUT2D eigenvalue weighted by atomic mass is 19.1. The van der Waals surface area contributed by atoms with E-state index in [0.717, 1.165) is 17.6 Å². The van der Waals surface area contributed by atoms with Crippen LogP contribution < -0.4 is 9.64 Å². The van der Waals surface area contributed by atoms with Crippen LogP contribution >= 0.6 is 0 Å². The Balaban J connectivity index is 2.09. The Bertz CT molecular complexity index is 906. The Morgan fingerprint density at radius 2 is 1.96 bits per heavy atom. The van der Waals surface area contributed by atoms with Gasteiger partial charge < -0.3 is 19.4 Å². The number of fused-ring (bicyclic) bond motifs is 1. The fraction of sp³-hybridized carbons (Fsp3) is 0.222. The standard InChI is InChI=1S/C18H17F2N3O3/c1-25-8-17(18-13(19)6-12(26-2)7-14(18)20)23(10-24)11-3-4-15-16(5-11)22-9-21-15/h3-7,9-10,17H,8H2,1-2H3,(H,21,22). The highest BCUT2D eigenvalue weighted by Crippen LogP contribution is 2.33. The number of benzene rings is 2. The van der Waals surface area contributed by atoms with E-state index in [0.29, 0.717) is 17.6 Å². The average molecular weight is 361 g/mol. The predicted octanol–water partition coefficient (Wildman–Crippen LogP) is 3.20. The van der Waals surface area contributed by atoms with Crippen LogP contribution in [0.1, 0.15) is 11.6 Å². The number of aromatic amines is 1. The van der Waals surface area contributed by atoms with Gasteiger partial charge in [0.05, 0.1) is 37.1 Å². The van der Waals surface area contributed by atoms with Crippen LogP contribution in [0.3, 0.4) is 0 Å². The number of halogens is 2. The molecular formula is C18H17F2N3O3. The van der Waals surface area contributed by atoms with E-state index < -0.39 is 17.7 Å². The number of carbonyl (C=O) groups is 1. The van der Waals surface area contributed by atoms with Gasteiger partial charge >= 0.3 is 0 Å². The number of H-pyrrole nitrogens is 1. The summed E-state index contributed by atoms with van der Waals surface area (Å²) in [5.41, 5.74) is 1.57. The van der Waals surface area contributed by atoms with E-state index in [1.54, 1.807) is 18.2 Å². The lowest BCUT2D eigenvalue weighted by Gasteiger charge is -2.29. The van der Waals surface area contributed by atoms with Crippen LogP contribution in [0.4, 0.5) is 14.5 Å². The van der Waals surface area contributed by atoms with Gasteiger partial charge in [0.1, 0.15) is 17.4 Å². The maximum Gasteiger partial charge on any atom is 0.214 e. The molecule has 0 saturated heterocycles. The topological polar surface area (TPSA) is 67.5 Å². The van der Waals surface area contributed by atoms with Crippen LogP contribution in [0.2, 0.25) is 0 Å². The van der Waals surface area contributed by atoms with Crippen molar-refractivity contribution in [2.45, 2.75) is 6.04 Å². The Kier molecular flexibility index (Phi) is 5.13. The van der Waals surface area contributed by atoms with Gasteiger partial charge in [0, 0.05) is 30.5 Å². The number of carbonyl (C=O) groups excluding carboxylic acids is 1. The summed E-state index contributed by atoms with van der Waals surface area (Å²) in [7, 11) is 2.71. The molecule has 0 bridgehead atoms. The van der Waals surface area contributed by atoms with Crippen molar-refractivity contribution >= 4 is 23.1 Å². The summed E-state index contributed by atoms with van der Waals surface area (Å²) in [6.07, 6.45) is 2.04. The molecule has 1 aromatic heterocycles. The molecule has 0 radical (unpaired) electrons. The van der Waals surface area contributed by atoms with Crippen LogP contribution in [0, 0.1) is 11.6 Å². The number of rotatable bonds is 7. The zero-order valence-corrected chi connectivity index (χ0v) is 14.2. The molecule has 0 saturated carbocycles. The van der Waals surface area contributed by atoms with Crippen LogP contribution in [-0.2, 0) is 9.53 Å². The van der Waals surface area contributed by atoms with Crippen molar-refractivity contribution in [3.05, 3.63) is 53.9 Å². The average Bonchev–Trinajstić information content (AvgIpc) is 3.09. The van der Waals surface area contributed by atoms with Gasteiger partial charge in [0.15, 0.2) is 0 Å². The van der Waals surface area contributed by atoms with Gasteiger partial charge in [-0.15, -0.1) is 0 Å². The molecule has 6 nitrogen and oxygen atoms in total. The predicted molar refractivity (Wildman–Crippen MR) is 92.2 cm³/mol. The number of imidazole rings is 1. The lowest BCUT2D eigenvalue weighted by Crippen LogP contribution is -2.32. The lowest BCUT2D eigenvalue weighted by molar-refractivity contribution is -0.108. The molecule has 1 atom stereocenters. The van der Waals surface area contributed by atoms with Crippen LogP contribution in [0.5, 0.6) is 5.75 Å². The van der Waals surface area contributed by atoms with Crippen LogP contribution in [0.15, 0.2) is 36.7 Å². The molecule has 3 rings (SSSR count). The van der Waals surface area contributed by atoms with E-state index in [1.165, 1.54) is 25.4 Å². The van der Waals surface area contributed by atoms with Gasteiger partial charge in [-0.1, -0.05) is 0 Å². The minimum absolute atomic E-state index is 0.0514. The molecular weight excluding hydrogens is 344 g/mol. The lowest BCUT2D eigenvalue weighted by atomic mass is 10.0. The Hall–Kier alpha value is -3.00.